The van der Waals surface area contributed by atoms with Gasteiger partial charge in [0.2, 0.25) is 17.8 Å². The molecule has 3 atom stereocenters. The van der Waals surface area contributed by atoms with Crippen molar-refractivity contribution in [3.05, 3.63) is 35.9 Å². The number of unbranched alkanes of at least 4 members (excludes halogenated alkanes) is 4. The van der Waals surface area contributed by atoms with Crippen LogP contribution in [-0.2, 0) is 5.41 Å². The normalized spacial score (nSPS) is 15.2. The Bertz CT molecular complexity index is 1170. The molecule has 1 heterocycles. The van der Waals surface area contributed by atoms with Crippen LogP contribution in [0.4, 0.5) is 0 Å². The van der Waals surface area contributed by atoms with Crippen LogP contribution < -0.4 is 34.2 Å². The Kier molecular flexibility index (Phi) is 14.3. The van der Waals surface area contributed by atoms with Gasteiger partial charge in [0.15, 0.2) is 23.0 Å². The van der Waals surface area contributed by atoms with Crippen molar-refractivity contribution in [2.45, 2.75) is 116 Å². The second-order valence-electron chi connectivity index (χ2n) is 11.8. The van der Waals surface area contributed by atoms with Gasteiger partial charge in [0.1, 0.15) is 0 Å². The zero-order chi connectivity index (χ0) is 32.0. The number of fused-ring (bicyclic) bond motifs is 1. The predicted octanol–water partition coefficient (Wildman–Crippen LogP) is 8.33. The van der Waals surface area contributed by atoms with E-state index in [0.717, 1.165) is 74.8 Å². The molecule has 0 saturated carbocycles. The highest BCUT2D eigenvalue weighted by molar-refractivity contribution is 5.65. The fraction of sp³-hybridized carbons (Fsp3) is 0.639. The van der Waals surface area contributed by atoms with Gasteiger partial charge in [-0.1, -0.05) is 71.9 Å². The number of hydrogen-bond acceptors (Lipinski definition) is 8. The molecule has 0 radical (unpaired) electrons. The van der Waals surface area contributed by atoms with Gasteiger partial charge in [-0.3, -0.25) is 0 Å². The maximum atomic E-state index is 11.0. The van der Waals surface area contributed by atoms with E-state index in [2.05, 4.69) is 33.8 Å². The lowest BCUT2D eigenvalue weighted by Gasteiger charge is -2.36. The van der Waals surface area contributed by atoms with Gasteiger partial charge in [-0.05, 0) is 56.2 Å². The fourth-order valence-electron chi connectivity index (χ4n) is 5.90. The van der Waals surface area contributed by atoms with E-state index in [1.165, 1.54) is 0 Å². The lowest BCUT2D eigenvalue weighted by Crippen LogP contribution is -2.34. The van der Waals surface area contributed by atoms with Crippen LogP contribution in [-0.4, -0.2) is 39.8 Å². The Balaban J connectivity index is 1.91. The monoisotopic (exact) mass is 610 g/mol. The predicted molar refractivity (Wildman–Crippen MR) is 174 cm³/mol. The Morgan fingerprint density at radius 2 is 1.50 bits per heavy atom. The van der Waals surface area contributed by atoms with E-state index in [-0.39, 0.29) is 12.0 Å². The number of hydrogen-bond donors (Lipinski definition) is 1. The van der Waals surface area contributed by atoms with Crippen LogP contribution in [0.2, 0.25) is 0 Å². The van der Waals surface area contributed by atoms with Crippen LogP contribution in [0.25, 0.3) is 0 Å². The molecule has 44 heavy (non-hydrogen) atoms. The number of para-hydroxylation sites is 2. The summed E-state index contributed by atoms with van der Waals surface area (Å²) >= 11 is 0. The lowest BCUT2D eigenvalue weighted by molar-refractivity contribution is 0.0349. The average molecular weight is 611 g/mol. The van der Waals surface area contributed by atoms with E-state index in [1.807, 2.05) is 30.3 Å². The van der Waals surface area contributed by atoms with Gasteiger partial charge >= 0.3 is 0 Å². The maximum Gasteiger partial charge on any atom is 0.243 e. The smallest absolute Gasteiger partial charge is 0.243 e. The molecule has 1 aliphatic heterocycles. The standard InChI is InChI=1S/C36H54N2O6/c1-7-10-14-21-41-31-24-28(33(42-22-15-11-8-2)35(40-6)34(31)39-5)36(25-37,26(4)9-3)20-16-17-27(38)23-32-43-29-18-12-13-19-30(29)44-32/h12-13,18-19,24,26-27,32H,7-11,14-17,20-23,38H2,1-6H3. The Labute approximate surface area is 265 Å². The Morgan fingerprint density at radius 3 is 2.05 bits per heavy atom. The third-order valence-corrected chi connectivity index (χ3v) is 8.71. The third-order valence-electron chi connectivity index (χ3n) is 8.71. The number of rotatable bonds is 21. The van der Waals surface area contributed by atoms with Gasteiger partial charge in [-0.2, -0.15) is 5.26 Å². The zero-order valence-corrected chi connectivity index (χ0v) is 27.8. The number of methoxy groups -OCH3 is 2. The summed E-state index contributed by atoms with van der Waals surface area (Å²) in [7, 11) is 3.23. The zero-order valence-electron chi connectivity index (χ0n) is 27.8. The van der Waals surface area contributed by atoms with Gasteiger partial charge in [0, 0.05) is 18.0 Å². The van der Waals surface area contributed by atoms with Crippen molar-refractivity contribution in [3.8, 4) is 40.6 Å². The van der Waals surface area contributed by atoms with E-state index < -0.39 is 11.7 Å². The number of nitrogens with two attached hydrogens (primary N) is 1. The summed E-state index contributed by atoms with van der Waals surface area (Å²) in [4.78, 5) is 0. The highest BCUT2D eigenvalue weighted by Crippen LogP contribution is 2.53. The highest BCUT2D eigenvalue weighted by Gasteiger charge is 2.42. The molecule has 1 aliphatic rings. The number of benzene rings is 2. The van der Waals surface area contributed by atoms with Crippen LogP contribution in [0, 0.1) is 17.2 Å². The molecule has 3 rings (SSSR count). The molecular weight excluding hydrogens is 556 g/mol. The summed E-state index contributed by atoms with van der Waals surface area (Å²) in [5, 5.41) is 11.0. The molecule has 3 unspecified atom stereocenters. The number of nitrogens with zero attached hydrogens (tertiary/aromatic N) is 1. The van der Waals surface area contributed by atoms with Crippen LogP contribution in [0.1, 0.15) is 104 Å². The van der Waals surface area contributed by atoms with Crippen molar-refractivity contribution in [2.24, 2.45) is 11.7 Å². The summed E-state index contributed by atoms with van der Waals surface area (Å²) < 4.78 is 36.4. The molecule has 2 aromatic rings. The minimum atomic E-state index is -0.855. The van der Waals surface area contributed by atoms with Gasteiger partial charge in [-0.15, -0.1) is 0 Å². The van der Waals surface area contributed by atoms with Crippen LogP contribution in [0.3, 0.4) is 0 Å². The summed E-state index contributed by atoms with van der Waals surface area (Å²) in [5.74, 6) is 3.64. The van der Waals surface area contributed by atoms with Crippen molar-refractivity contribution in [3.63, 3.8) is 0 Å². The molecular formula is C36H54N2O6. The lowest BCUT2D eigenvalue weighted by atomic mass is 9.67. The van der Waals surface area contributed by atoms with Crippen molar-refractivity contribution in [2.75, 3.05) is 27.4 Å². The first-order chi connectivity index (χ1) is 21.4. The van der Waals surface area contributed by atoms with Crippen molar-refractivity contribution < 1.29 is 28.4 Å². The number of ether oxygens (including phenoxy) is 6. The summed E-state index contributed by atoms with van der Waals surface area (Å²) in [6, 6.07) is 12.2. The molecule has 8 nitrogen and oxygen atoms in total. The molecule has 244 valence electrons. The summed E-state index contributed by atoms with van der Waals surface area (Å²) in [6.45, 7) is 9.67. The van der Waals surface area contributed by atoms with Crippen molar-refractivity contribution >= 4 is 0 Å². The van der Waals surface area contributed by atoms with E-state index in [4.69, 9.17) is 34.2 Å². The van der Waals surface area contributed by atoms with Crippen LogP contribution in [0.15, 0.2) is 30.3 Å². The highest BCUT2D eigenvalue weighted by atomic mass is 16.7. The molecule has 2 N–H and O–H groups in total. The Morgan fingerprint density at radius 1 is 0.886 bits per heavy atom. The molecule has 0 spiro atoms. The molecule has 0 aromatic heterocycles. The maximum absolute atomic E-state index is 11.0. The minimum Gasteiger partial charge on any atom is -0.490 e. The molecule has 2 aromatic carbocycles. The van der Waals surface area contributed by atoms with E-state index in [0.29, 0.717) is 49.1 Å². The first-order valence-corrected chi connectivity index (χ1v) is 16.5. The van der Waals surface area contributed by atoms with Gasteiger partial charge in [0.05, 0.1) is 38.9 Å². The second kappa shape index (κ2) is 17.9. The van der Waals surface area contributed by atoms with E-state index >= 15 is 0 Å². The van der Waals surface area contributed by atoms with Gasteiger partial charge in [0.25, 0.3) is 0 Å². The topological polar surface area (TPSA) is 105 Å². The van der Waals surface area contributed by atoms with Gasteiger partial charge in [-0.25, -0.2) is 0 Å². The molecule has 0 saturated heterocycles. The van der Waals surface area contributed by atoms with Crippen molar-refractivity contribution in [1.82, 2.24) is 0 Å². The SMILES string of the molecule is CCCCCOc1cc(C(C#N)(CCCC(N)CC2Oc3ccccc3O2)C(C)CC)c(OCCCCC)c(OC)c1OC. The van der Waals surface area contributed by atoms with Crippen molar-refractivity contribution in [1.29, 1.82) is 5.26 Å². The van der Waals surface area contributed by atoms with Gasteiger partial charge < -0.3 is 34.2 Å². The molecule has 0 fully saturated rings. The van der Waals surface area contributed by atoms with Crippen LogP contribution >= 0.6 is 0 Å². The van der Waals surface area contributed by atoms with E-state index in [9.17, 15) is 5.26 Å². The fourth-order valence-corrected chi connectivity index (χ4v) is 5.90. The first kappa shape index (κ1) is 35.2. The first-order valence-electron chi connectivity index (χ1n) is 16.5. The van der Waals surface area contributed by atoms with E-state index in [1.54, 1.807) is 14.2 Å². The Hall–Kier alpha value is -3.31. The minimum absolute atomic E-state index is 0.0313. The summed E-state index contributed by atoms with van der Waals surface area (Å²) in [6.07, 6.45) is 9.19. The molecule has 0 amide bonds. The second-order valence-corrected chi connectivity index (χ2v) is 11.8. The number of nitriles is 1. The summed E-state index contributed by atoms with van der Waals surface area (Å²) in [5.41, 5.74) is 6.53. The van der Waals surface area contributed by atoms with Crippen LogP contribution in [0.5, 0.6) is 34.5 Å². The molecule has 0 aliphatic carbocycles. The average Bonchev–Trinajstić information content (AvgIpc) is 3.45. The molecule has 8 heteroatoms. The third kappa shape index (κ3) is 8.65. The quantitative estimate of drug-likeness (QED) is 0.141. The molecule has 0 bridgehead atoms. The largest absolute Gasteiger partial charge is 0.490 e.